The number of hydrogen-bond donors (Lipinski definition) is 2. The van der Waals surface area contributed by atoms with Gasteiger partial charge in [-0.05, 0) is 38.0 Å². The van der Waals surface area contributed by atoms with Crippen LogP contribution in [0, 0.1) is 11.8 Å². The SMILES string of the molecule is CCC1CC(C)CCC1NC(C)CC(N)=O. The molecule has 0 bridgehead atoms. The maximum Gasteiger partial charge on any atom is 0.218 e. The number of nitrogens with one attached hydrogen (secondary N) is 1. The summed E-state index contributed by atoms with van der Waals surface area (Å²) < 4.78 is 0. The Hall–Kier alpha value is -0.570. The summed E-state index contributed by atoms with van der Waals surface area (Å²) in [6.07, 6.45) is 5.53. The molecule has 4 unspecified atom stereocenters. The molecule has 0 saturated heterocycles. The first-order valence-corrected chi connectivity index (χ1v) is 6.57. The van der Waals surface area contributed by atoms with E-state index in [4.69, 9.17) is 5.73 Å². The largest absolute Gasteiger partial charge is 0.370 e. The average Bonchev–Trinajstić information content (AvgIpc) is 2.19. The van der Waals surface area contributed by atoms with Crippen molar-refractivity contribution in [1.82, 2.24) is 5.32 Å². The van der Waals surface area contributed by atoms with Gasteiger partial charge in [-0.2, -0.15) is 0 Å². The third kappa shape index (κ3) is 4.12. The van der Waals surface area contributed by atoms with Crippen molar-refractivity contribution in [2.45, 2.75) is 65.0 Å². The minimum absolute atomic E-state index is 0.211. The fourth-order valence-electron chi connectivity index (χ4n) is 2.90. The van der Waals surface area contributed by atoms with Crippen molar-refractivity contribution in [3.8, 4) is 0 Å². The van der Waals surface area contributed by atoms with Crippen molar-refractivity contribution >= 4 is 5.91 Å². The monoisotopic (exact) mass is 226 g/mol. The summed E-state index contributed by atoms with van der Waals surface area (Å²) >= 11 is 0. The van der Waals surface area contributed by atoms with Gasteiger partial charge in [0.25, 0.3) is 0 Å². The lowest BCUT2D eigenvalue weighted by molar-refractivity contribution is -0.118. The maximum absolute atomic E-state index is 10.8. The lowest BCUT2D eigenvalue weighted by Gasteiger charge is -2.36. The summed E-state index contributed by atoms with van der Waals surface area (Å²) in [6, 6.07) is 0.792. The first-order valence-electron chi connectivity index (χ1n) is 6.57. The van der Waals surface area contributed by atoms with Crippen LogP contribution in [0.2, 0.25) is 0 Å². The normalized spacial score (nSPS) is 32.3. The van der Waals surface area contributed by atoms with Gasteiger partial charge in [-0.25, -0.2) is 0 Å². The zero-order valence-electron chi connectivity index (χ0n) is 10.8. The van der Waals surface area contributed by atoms with Crippen LogP contribution in [0.15, 0.2) is 0 Å². The summed E-state index contributed by atoms with van der Waals surface area (Å²) in [7, 11) is 0. The highest BCUT2D eigenvalue weighted by Crippen LogP contribution is 2.31. The minimum Gasteiger partial charge on any atom is -0.370 e. The van der Waals surface area contributed by atoms with Crippen molar-refractivity contribution in [3.05, 3.63) is 0 Å². The standard InChI is InChI=1S/C13H26N2O/c1-4-11-7-9(2)5-6-12(11)15-10(3)8-13(14)16/h9-12,15H,4-8H2,1-3H3,(H2,14,16). The van der Waals surface area contributed by atoms with Crippen LogP contribution in [-0.4, -0.2) is 18.0 Å². The van der Waals surface area contributed by atoms with Gasteiger partial charge in [-0.3, -0.25) is 4.79 Å². The minimum atomic E-state index is -0.211. The molecule has 0 spiro atoms. The molecule has 4 atom stereocenters. The second kappa shape index (κ2) is 6.24. The fraction of sp³-hybridized carbons (Fsp3) is 0.923. The molecule has 1 saturated carbocycles. The van der Waals surface area contributed by atoms with Gasteiger partial charge >= 0.3 is 0 Å². The van der Waals surface area contributed by atoms with Crippen LogP contribution in [0.25, 0.3) is 0 Å². The number of nitrogens with two attached hydrogens (primary N) is 1. The van der Waals surface area contributed by atoms with E-state index in [-0.39, 0.29) is 11.9 Å². The highest BCUT2D eigenvalue weighted by Gasteiger charge is 2.28. The molecule has 1 fully saturated rings. The Morgan fingerprint density at radius 1 is 1.50 bits per heavy atom. The van der Waals surface area contributed by atoms with Gasteiger partial charge in [0, 0.05) is 18.5 Å². The number of primary amides is 1. The van der Waals surface area contributed by atoms with Gasteiger partial charge < -0.3 is 11.1 Å². The van der Waals surface area contributed by atoms with E-state index in [9.17, 15) is 4.79 Å². The van der Waals surface area contributed by atoms with Gasteiger partial charge in [0.05, 0.1) is 0 Å². The maximum atomic E-state index is 10.8. The van der Waals surface area contributed by atoms with E-state index in [2.05, 4.69) is 26.1 Å². The highest BCUT2D eigenvalue weighted by molar-refractivity contribution is 5.74. The number of carbonyl (C=O) groups is 1. The molecule has 3 heteroatoms. The molecule has 0 aromatic rings. The topological polar surface area (TPSA) is 55.1 Å². The van der Waals surface area contributed by atoms with Gasteiger partial charge in [0.15, 0.2) is 0 Å². The highest BCUT2D eigenvalue weighted by atomic mass is 16.1. The van der Waals surface area contributed by atoms with Crippen LogP contribution in [0.5, 0.6) is 0 Å². The molecule has 1 amide bonds. The van der Waals surface area contributed by atoms with E-state index in [1.54, 1.807) is 0 Å². The van der Waals surface area contributed by atoms with Crippen LogP contribution in [-0.2, 0) is 4.79 Å². The van der Waals surface area contributed by atoms with Crippen molar-refractivity contribution in [1.29, 1.82) is 0 Å². The van der Waals surface area contributed by atoms with E-state index in [1.165, 1.54) is 25.7 Å². The van der Waals surface area contributed by atoms with Crippen LogP contribution < -0.4 is 11.1 Å². The van der Waals surface area contributed by atoms with E-state index in [0.29, 0.717) is 12.5 Å². The second-order valence-corrected chi connectivity index (χ2v) is 5.43. The molecular weight excluding hydrogens is 200 g/mol. The van der Waals surface area contributed by atoms with E-state index in [0.717, 1.165) is 11.8 Å². The van der Waals surface area contributed by atoms with Crippen LogP contribution in [0.3, 0.4) is 0 Å². The molecule has 1 aliphatic rings. The number of amides is 1. The van der Waals surface area contributed by atoms with Crippen molar-refractivity contribution in [2.75, 3.05) is 0 Å². The molecule has 0 aromatic carbocycles. The Bertz CT molecular complexity index is 230. The third-order valence-corrected chi connectivity index (χ3v) is 3.77. The molecule has 3 N–H and O–H groups in total. The van der Waals surface area contributed by atoms with Gasteiger partial charge in [0.1, 0.15) is 0 Å². The summed E-state index contributed by atoms with van der Waals surface area (Å²) in [6.45, 7) is 6.65. The van der Waals surface area contributed by atoms with E-state index in [1.807, 2.05) is 0 Å². The van der Waals surface area contributed by atoms with E-state index >= 15 is 0 Å². The smallest absolute Gasteiger partial charge is 0.218 e. The second-order valence-electron chi connectivity index (χ2n) is 5.43. The van der Waals surface area contributed by atoms with E-state index < -0.39 is 0 Å². The molecule has 0 aliphatic heterocycles. The quantitative estimate of drug-likeness (QED) is 0.754. The third-order valence-electron chi connectivity index (χ3n) is 3.77. The molecular formula is C13H26N2O. The van der Waals surface area contributed by atoms with Crippen LogP contribution in [0.1, 0.15) is 52.9 Å². The van der Waals surface area contributed by atoms with Crippen LogP contribution >= 0.6 is 0 Å². The van der Waals surface area contributed by atoms with Crippen LogP contribution in [0.4, 0.5) is 0 Å². The molecule has 94 valence electrons. The summed E-state index contributed by atoms with van der Waals surface area (Å²) in [5.74, 6) is 1.41. The average molecular weight is 226 g/mol. The lowest BCUT2D eigenvalue weighted by Crippen LogP contribution is -2.45. The number of rotatable bonds is 5. The zero-order chi connectivity index (χ0) is 12.1. The number of carbonyl (C=O) groups excluding carboxylic acids is 1. The first-order chi connectivity index (χ1) is 7.52. The molecule has 0 heterocycles. The molecule has 3 nitrogen and oxygen atoms in total. The first kappa shape index (κ1) is 13.5. The Morgan fingerprint density at radius 2 is 2.19 bits per heavy atom. The Labute approximate surface area is 99.2 Å². The van der Waals surface area contributed by atoms with Crippen molar-refractivity contribution in [2.24, 2.45) is 17.6 Å². The predicted molar refractivity (Wildman–Crippen MR) is 67.0 cm³/mol. The predicted octanol–water partition coefficient (Wildman–Crippen LogP) is 2.05. The van der Waals surface area contributed by atoms with Gasteiger partial charge in [-0.1, -0.05) is 20.3 Å². The summed E-state index contributed by atoms with van der Waals surface area (Å²) in [5.41, 5.74) is 5.21. The molecule has 16 heavy (non-hydrogen) atoms. The number of hydrogen-bond acceptors (Lipinski definition) is 2. The lowest BCUT2D eigenvalue weighted by atomic mass is 9.77. The summed E-state index contributed by atoms with van der Waals surface area (Å²) in [5, 5.41) is 3.57. The van der Waals surface area contributed by atoms with Gasteiger partial charge in [0.2, 0.25) is 5.91 Å². The van der Waals surface area contributed by atoms with Gasteiger partial charge in [-0.15, -0.1) is 0 Å². The molecule has 1 aliphatic carbocycles. The molecule has 1 rings (SSSR count). The zero-order valence-corrected chi connectivity index (χ0v) is 10.8. The molecule has 0 aromatic heterocycles. The Morgan fingerprint density at radius 3 is 2.75 bits per heavy atom. The molecule has 0 radical (unpaired) electrons. The Kier molecular flexibility index (Phi) is 5.26. The van der Waals surface area contributed by atoms with Crippen molar-refractivity contribution in [3.63, 3.8) is 0 Å². The van der Waals surface area contributed by atoms with Crippen molar-refractivity contribution < 1.29 is 4.79 Å². The summed E-state index contributed by atoms with van der Waals surface area (Å²) in [4.78, 5) is 10.8. The fourth-order valence-corrected chi connectivity index (χ4v) is 2.90. The Balaban J connectivity index is 2.42.